The number of carbonyl (C=O) groups is 1. The van der Waals surface area contributed by atoms with Crippen molar-refractivity contribution in [2.24, 2.45) is 7.05 Å². The number of fused-ring (bicyclic) bond motifs is 1. The zero-order valence-electron chi connectivity index (χ0n) is 17.1. The van der Waals surface area contributed by atoms with E-state index in [1.165, 1.54) is 0 Å². The van der Waals surface area contributed by atoms with Crippen LogP contribution in [0, 0.1) is 13.8 Å². The predicted molar refractivity (Wildman–Crippen MR) is 116 cm³/mol. The highest BCUT2D eigenvalue weighted by atomic mass is 16.1. The zero-order chi connectivity index (χ0) is 20.5. The van der Waals surface area contributed by atoms with Gasteiger partial charge < -0.3 is 5.32 Å². The van der Waals surface area contributed by atoms with Crippen LogP contribution in [0.25, 0.3) is 22.2 Å². The summed E-state index contributed by atoms with van der Waals surface area (Å²) >= 11 is 0. The summed E-state index contributed by atoms with van der Waals surface area (Å²) in [6.45, 7) is 5.98. The molecule has 2 aromatic heterocycles. The zero-order valence-corrected chi connectivity index (χ0v) is 17.1. The van der Waals surface area contributed by atoms with Gasteiger partial charge in [-0.05, 0) is 38.5 Å². The van der Waals surface area contributed by atoms with Gasteiger partial charge in [-0.15, -0.1) is 0 Å². The molecule has 4 aromatic rings. The van der Waals surface area contributed by atoms with Gasteiger partial charge in [-0.2, -0.15) is 5.10 Å². The highest BCUT2D eigenvalue weighted by Gasteiger charge is 2.19. The van der Waals surface area contributed by atoms with Crippen molar-refractivity contribution in [3.8, 4) is 11.3 Å². The SMILES string of the molecule is Cc1nn(C)c(C)c1-c1cc(C(=O)NC(C)c2ccccc2)c2ccccc2n1. The first-order chi connectivity index (χ1) is 14.0. The maximum Gasteiger partial charge on any atom is 0.252 e. The largest absolute Gasteiger partial charge is 0.345 e. The standard InChI is InChI=1S/C24H24N4O/c1-15(18-10-6-5-7-11-18)25-24(29)20-14-22(23-16(2)27-28(4)17(23)3)26-21-13-9-8-12-19(20)21/h5-15H,1-4H3,(H,25,29). The molecular weight excluding hydrogens is 360 g/mol. The number of aryl methyl sites for hydroxylation is 2. The van der Waals surface area contributed by atoms with Crippen molar-refractivity contribution in [1.29, 1.82) is 0 Å². The molecule has 0 saturated heterocycles. The van der Waals surface area contributed by atoms with Gasteiger partial charge in [-0.1, -0.05) is 48.5 Å². The molecule has 4 rings (SSSR count). The minimum absolute atomic E-state index is 0.0964. The molecule has 0 aliphatic heterocycles. The molecule has 1 atom stereocenters. The van der Waals surface area contributed by atoms with Crippen LogP contribution in [0.15, 0.2) is 60.7 Å². The smallest absolute Gasteiger partial charge is 0.252 e. The van der Waals surface area contributed by atoms with Gasteiger partial charge in [0.1, 0.15) is 0 Å². The number of aromatic nitrogens is 3. The second-order valence-electron chi connectivity index (χ2n) is 7.35. The Morgan fingerprint density at radius 3 is 2.41 bits per heavy atom. The quantitative estimate of drug-likeness (QED) is 0.553. The molecule has 0 radical (unpaired) electrons. The first-order valence-corrected chi connectivity index (χ1v) is 9.72. The summed E-state index contributed by atoms with van der Waals surface area (Å²) in [6, 6.07) is 19.5. The number of nitrogens with zero attached hydrogens (tertiary/aromatic N) is 3. The van der Waals surface area contributed by atoms with E-state index in [0.29, 0.717) is 5.56 Å². The molecule has 2 aromatic carbocycles. The number of benzene rings is 2. The number of hydrogen-bond acceptors (Lipinski definition) is 3. The molecule has 5 heteroatoms. The van der Waals surface area contributed by atoms with Gasteiger partial charge in [0.25, 0.3) is 5.91 Å². The third-order valence-corrected chi connectivity index (χ3v) is 5.37. The van der Waals surface area contributed by atoms with Crippen LogP contribution in [0.4, 0.5) is 0 Å². The Hall–Kier alpha value is -3.47. The number of amides is 1. The van der Waals surface area contributed by atoms with Crippen molar-refractivity contribution in [2.45, 2.75) is 26.8 Å². The molecule has 0 aliphatic carbocycles. The molecule has 29 heavy (non-hydrogen) atoms. The summed E-state index contributed by atoms with van der Waals surface area (Å²) in [5.41, 5.74) is 6.15. The summed E-state index contributed by atoms with van der Waals surface area (Å²) in [5, 5.41) is 8.48. The third kappa shape index (κ3) is 3.51. The Bertz CT molecular complexity index is 1190. The first kappa shape index (κ1) is 18.9. The molecule has 1 N–H and O–H groups in total. The molecule has 5 nitrogen and oxygen atoms in total. The number of hydrogen-bond donors (Lipinski definition) is 1. The van der Waals surface area contributed by atoms with Crippen molar-refractivity contribution in [3.63, 3.8) is 0 Å². The Balaban J connectivity index is 1.80. The van der Waals surface area contributed by atoms with Crippen LogP contribution in [0.3, 0.4) is 0 Å². The Morgan fingerprint density at radius 1 is 1.03 bits per heavy atom. The van der Waals surface area contributed by atoms with Crippen LogP contribution < -0.4 is 5.32 Å². The molecule has 0 spiro atoms. The number of nitrogens with one attached hydrogen (secondary N) is 1. The fraction of sp³-hybridized carbons (Fsp3) is 0.208. The van der Waals surface area contributed by atoms with E-state index in [-0.39, 0.29) is 11.9 Å². The van der Waals surface area contributed by atoms with E-state index in [4.69, 9.17) is 4.98 Å². The van der Waals surface area contributed by atoms with E-state index < -0.39 is 0 Å². The maximum atomic E-state index is 13.2. The molecule has 0 fully saturated rings. The van der Waals surface area contributed by atoms with Gasteiger partial charge in [0.15, 0.2) is 0 Å². The number of pyridine rings is 1. The van der Waals surface area contributed by atoms with E-state index in [0.717, 1.165) is 39.1 Å². The molecular formula is C24H24N4O. The van der Waals surface area contributed by atoms with Gasteiger partial charge in [-0.25, -0.2) is 4.98 Å². The molecule has 146 valence electrons. The second-order valence-corrected chi connectivity index (χ2v) is 7.35. The van der Waals surface area contributed by atoms with Crippen LogP contribution in [0.5, 0.6) is 0 Å². The molecule has 2 heterocycles. The maximum absolute atomic E-state index is 13.2. The van der Waals surface area contributed by atoms with Gasteiger partial charge in [0.2, 0.25) is 0 Å². The lowest BCUT2D eigenvalue weighted by Crippen LogP contribution is -2.27. The molecule has 0 bridgehead atoms. The van der Waals surface area contributed by atoms with E-state index >= 15 is 0 Å². The van der Waals surface area contributed by atoms with E-state index in [1.54, 1.807) is 0 Å². The summed E-state index contributed by atoms with van der Waals surface area (Å²) in [6.07, 6.45) is 0. The van der Waals surface area contributed by atoms with Crippen molar-refractivity contribution < 1.29 is 4.79 Å². The van der Waals surface area contributed by atoms with Crippen LogP contribution in [0.1, 0.15) is 40.3 Å². The first-order valence-electron chi connectivity index (χ1n) is 9.72. The molecule has 1 amide bonds. The van der Waals surface area contributed by atoms with Crippen LogP contribution in [-0.2, 0) is 7.05 Å². The minimum Gasteiger partial charge on any atom is -0.345 e. The van der Waals surface area contributed by atoms with E-state index in [9.17, 15) is 4.79 Å². The average Bonchev–Trinajstić information content (AvgIpc) is 2.99. The average molecular weight is 384 g/mol. The predicted octanol–water partition coefficient (Wildman–Crippen LogP) is 4.74. The Morgan fingerprint density at radius 2 is 1.72 bits per heavy atom. The number of rotatable bonds is 4. The van der Waals surface area contributed by atoms with E-state index in [1.807, 2.05) is 93.2 Å². The van der Waals surface area contributed by atoms with Gasteiger partial charge in [-0.3, -0.25) is 9.48 Å². The van der Waals surface area contributed by atoms with Gasteiger partial charge >= 0.3 is 0 Å². The summed E-state index contributed by atoms with van der Waals surface area (Å²) < 4.78 is 1.85. The highest BCUT2D eigenvalue weighted by molar-refractivity contribution is 6.07. The fourth-order valence-electron chi connectivity index (χ4n) is 3.74. The molecule has 1 unspecified atom stereocenters. The highest BCUT2D eigenvalue weighted by Crippen LogP contribution is 2.29. The third-order valence-electron chi connectivity index (χ3n) is 5.37. The van der Waals surface area contributed by atoms with Gasteiger partial charge in [0.05, 0.1) is 28.5 Å². The van der Waals surface area contributed by atoms with Crippen LogP contribution in [0.2, 0.25) is 0 Å². The minimum atomic E-state index is -0.111. The molecule has 0 aliphatic rings. The monoisotopic (exact) mass is 384 g/mol. The summed E-state index contributed by atoms with van der Waals surface area (Å²) in [5.74, 6) is -0.111. The van der Waals surface area contributed by atoms with E-state index in [2.05, 4.69) is 10.4 Å². The lowest BCUT2D eigenvalue weighted by atomic mass is 10.0. The van der Waals surface area contributed by atoms with Gasteiger partial charge in [0, 0.05) is 23.7 Å². The fourth-order valence-corrected chi connectivity index (χ4v) is 3.74. The second kappa shape index (κ2) is 7.51. The Labute approximate surface area is 170 Å². The molecule has 0 saturated carbocycles. The summed E-state index contributed by atoms with van der Waals surface area (Å²) in [7, 11) is 1.92. The summed E-state index contributed by atoms with van der Waals surface area (Å²) in [4.78, 5) is 18.1. The van der Waals surface area contributed by atoms with Crippen LogP contribution >= 0.6 is 0 Å². The lowest BCUT2D eigenvalue weighted by Gasteiger charge is -2.16. The normalized spacial score (nSPS) is 12.1. The topological polar surface area (TPSA) is 59.8 Å². The lowest BCUT2D eigenvalue weighted by molar-refractivity contribution is 0.0941. The van der Waals surface area contributed by atoms with Crippen molar-refractivity contribution in [1.82, 2.24) is 20.1 Å². The number of carbonyl (C=O) groups excluding carboxylic acids is 1. The Kier molecular flexibility index (Phi) is 4.89. The number of para-hydroxylation sites is 1. The van der Waals surface area contributed by atoms with Crippen molar-refractivity contribution in [2.75, 3.05) is 0 Å². The van der Waals surface area contributed by atoms with Crippen LogP contribution in [-0.4, -0.2) is 20.7 Å². The van der Waals surface area contributed by atoms with Crippen molar-refractivity contribution >= 4 is 16.8 Å². The van der Waals surface area contributed by atoms with Crippen molar-refractivity contribution in [3.05, 3.63) is 83.2 Å².